The van der Waals surface area contributed by atoms with Crippen molar-refractivity contribution in [2.45, 2.75) is 31.2 Å². The molecule has 0 unspecified atom stereocenters. The highest BCUT2D eigenvalue weighted by atomic mass is 35.5. The zero-order valence-electron chi connectivity index (χ0n) is 14.4. The number of hydrogen-bond donors (Lipinski definition) is 2. The first-order valence-electron chi connectivity index (χ1n) is 8.01. The van der Waals surface area contributed by atoms with Gasteiger partial charge in [0.05, 0.1) is 4.90 Å². The number of carbonyl (C=O) groups is 1. The third-order valence-electron chi connectivity index (χ3n) is 3.56. The van der Waals surface area contributed by atoms with Gasteiger partial charge in [-0.25, -0.2) is 12.8 Å². The van der Waals surface area contributed by atoms with Crippen LogP contribution in [-0.2, 0) is 14.8 Å². The van der Waals surface area contributed by atoms with Crippen molar-refractivity contribution < 1.29 is 17.6 Å². The molecule has 26 heavy (non-hydrogen) atoms. The van der Waals surface area contributed by atoms with Gasteiger partial charge in [-0.1, -0.05) is 25.4 Å². The smallest absolute Gasteiger partial charge is 0.242 e. The first kappa shape index (κ1) is 20.4. The van der Waals surface area contributed by atoms with E-state index in [-0.39, 0.29) is 10.8 Å². The minimum absolute atomic E-state index is 0.0758. The SMILES string of the molecule is CC(C)C[C@H](NS(=O)(=O)c1ccc(F)cc1)C(=O)Nc1ccc(Cl)cc1. The van der Waals surface area contributed by atoms with E-state index >= 15 is 0 Å². The molecular weight excluding hydrogens is 379 g/mol. The van der Waals surface area contributed by atoms with E-state index in [1.807, 2.05) is 13.8 Å². The number of halogens is 2. The Balaban J connectivity index is 2.19. The molecule has 0 aliphatic heterocycles. The minimum Gasteiger partial charge on any atom is -0.325 e. The molecule has 0 radical (unpaired) electrons. The van der Waals surface area contributed by atoms with Gasteiger partial charge in [0, 0.05) is 10.7 Å². The van der Waals surface area contributed by atoms with Gasteiger partial charge < -0.3 is 5.32 Å². The maximum absolute atomic E-state index is 13.0. The Morgan fingerprint density at radius 3 is 2.19 bits per heavy atom. The highest BCUT2D eigenvalue weighted by Gasteiger charge is 2.26. The highest BCUT2D eigenvalue weighted by molar-refractivity contribution is 7.89. The summed E-state index contributed by atoms with van der Waals surface area (Å²) < 4.78 is 40.4. The van der Waals surface area contributed by atoms with E-state index in [0.717, 1.165) is 24.3 Å². The summed E-state index contributed by atoms with van der Waals surface area (Å²) in [6.07, 6.45) is 0.305. The molecule has 2 rings (SSSR count). The number of carbonyl (C=O) groups excluding carboxylic acids is 1. The van der Waals surface area contributed by atoms with E-state index in [4.69, 9.17) is 11.6 Å². The lowest BCUT2D eigenvalue weighted by Crippen LogP contribution is -2.44. The molecule has 0 fully saturated rings. The lowest BCUT2D eigenvalue weighted by atomic mass is 10.0. The summed E-state index contributed by atoms with van der Waals surface area (Å²) in [5.41, 5.74) is 0.508. The van der Waals surface area contributed by atoms with Gasteiger partial charge in [0.1, 0.15) is 11.9 Å². The molecule has 0 bridgehead atoms. The number of benzene rings is 2. The van der Waals surface area contributed by atoms with Crippen LogP contribution in [0.3, 0.4) is 0 Å². The van der Waals surface area contributed by atoms with Crippen LogP contribution in [0.4, 0.5) is 10.1 Å². The van der Waals surface area contributed by atoms with Crippen LogP contribution in [0, 0.1) is 11.7 Å². The first-order chi connectivity index (χ1) is 12.2. The fourth-order valence-electron chi connectivity index (χ4n) is 2.31. The van der Waals surface area contributed by atoms with Crippen molar-refractivity contribution in [3.05, 3.63) is 59.4 Å². The number of sulfonamides is 1. The molecule has 5 nitrogen and oxygen atoms in total. The van der Waals surface area contributed by atoms with E-state index in [2.05, 4.69) is 10.0 Å². The second-order valence-electron chi connectivity index (χ2n) is 6.25. The summed E-state index contributed by atoms with van der Waals surface area (Å²) in [4.78, 5) is 12.5. The number of hydrogen-bond acceptors (Lipinski definition) is 3. The average molecular weight is 399 g/mol. The Morgan fingerprint density at radius 2 is 1.65 bits per heavy atom. The van der Waals surface area contributed by atoms with Crippen molar-refractivity contribution >= 4 is 33.2 Å². The molecule has 8 heteroatoms. The number of nitrogens with one attached hydrogen (secondary N) is 2. The zero-order valence-corrected chi connectivity index (χ0v) is 15.9. The molecule has 0 aromatic heterocycles. The normalized spacial score (nSPS) is 12.8. The third kappa shape index (κ3) is 5.79. The van der Waals surface area contributed by atoms with Crippen LogP contribution >= 0.6 is 11.6 Å². The van der Waals surface area contributed by atoms with Crippen LogP contribution in [-0.4, -0.2) is 20.4 Å². The summed E-state index contributed by atoms with van der Waals surface area (Å²) in [7, 11) is -3.96. The Kier molecular flexibility index (Phi) is 6.75. The second-order valence-corrected chi connectivity index (χ2v) is 8.40. The Labute approximate surface area is 157 Å². The van der Waals surface area contributed by atoms with Crippen molar-refractivity contribution in [1.82, 2.24) is 4.72 Å². The number of amides is 1. The van der Waals surface area contributed by atoms with Crippen LogP contribution < -0.4 is 10.0 Å². The topological polar surface area (TPSA) is 75.3 Å². The Morgan fingerprint density at radius 1 is 1.08 bits per heavy atom. The van der Waals surface area contributed by atoms with Gasteiger partial charge in [-0.2, -0.15) is 4.72 Å². The maximum Gasteiger partial charge on any atom is 0.242 e. The number of anilines is 1. The summed E-state index contributed by atoms with van der Waals surface area (Å²) in [6, 6.07) is 9.94. The molecule has 0 aliphatic carbocycles. The van der Waals surface area contributed by atoms with Gasteiger partial charge in [0.25, 0.3) is 0 Å². The van der Waals surface area contributed by atoms with E-state index < -0.39 is 27.8 Å². The van der Waals surface area contributed by atoms with Crippen LogP contribution in [0.5, 0.6) is 0 Å². The van der Waals surface area contributed by atoms with Crippen molar-refractivity contribution in [2.75, 3.05) is 5.32 Å². The van der Waals surface area contributed by atoms with Crippen molar-refractivity contribution in [2.24, 2.45) is 5.92 Å². The largest absolute Gasteiger partial charge is 0.325 e. The first-order valence-corrected chi connectivity index (χ1v) is 9.88. The van der Waals surface area contributed by atoms with E-state index in [0.29, 0.717) is 17.1 Å². The van der Waals surface area contributed by atoms with Crippen molar-refractivity contribution in [3.63, 3.8) is 0 Å². The fourth-order valence-corrected chi connectivity index (χ4v) is 3.65. The van der Waals surface area contributed by atoms with E-state index in [9.17, 15) is 17.6 Å². The molecule has 0 aliphatic rings. The quantitative estimate of drug-likeness (QED) is 0.744. The highest BCUT2D eigenvalue weighted by Crippen LogP contribution is 2.17. The summed E-state index contributed by atoms with van der Waals surface area (Å²) in [6.45, 7) is 3.77. The van der Waals surface area contributed by atoms with Gasteiger partial charge in [-0.05, 0) is 60.9 Å². The van der Waals surface area contributed by atoms with Crippen molar-refractivity contribution in [3.8, 4) is 0 Å². The summed E-state index contributed by atoms with van der Waals surface area (Å²) in [5.74, 6) is -0.943. The summed E-state index contributed by atoms with van der Waals surface area (Å²) >= 11 is 5.81. The van der Waals surface area contributed by atoms with Crippen LogP contribution in [0.25, 0.3) is 0 Å². The molecule has 1 atom stereocenters. The fraction of sp³-hybridized carbons (Fsp3) is 0.278. The van der Waals surface area contributed by atoms with Crippen LogP contribution in [0.2, 0.25) is 5.02 Å². The molecule has 1 amide bonds. The van der Waals surface area contributed by atoms with Gasteiger partial charge >= 0.3 is 0 Å². The van der Waals surface area contributed by atoms with Gasteiger partial charge in [0.15, 0.2) is 0 Å². The predicted molar refractivity (Wildman–Crippen MR) is 100 cm³/mol. The molecule has 140 valence electrons. The predicted octanol–water partition coefficient (Wildman–Crippen LogP) is 3.81. The molecule has 0 heterocycles. The average Bonchev–Trinajstić information content (AvgIpc) is 2.56. The maximum atomic E-state index is 13.0. The lowest BCUT2D eigenvalue weighted by Gasteiger charge is -2.20. The Bertz CT molecular complexity index is 853. The molecule has 0 saturated heterocycles. The zero-order chi connectivity index (χ0) is 19.3. The van der Waals surface area contributed by atoms with Gasteiger partial charge in [0.2, 0.25) is 15.9 Å². The third-order valence-corrected chi connectivity index (χ3v) is 5.30. The molecule has 0 spiro atoms. The molecule has 2 N–H and O–H groups in total. The van der Waals surface area contributed by atoms with Crippen LogP contribution in [0.1, 0.15) is 20.3 Å². The second kappa shape index (κ2) is 8.62. The van der Waals surface area contributed by atoms with Gasteiger partial charge in [-0.15, -0.1) is 0 Å². The monoisotopic (exact) mass is 398 g/mol. The van der Waals surface area contributed by atoms with Crippen molar-refractivity contribution in [1.29, 1.82) is 0 Å². The van der Waals surface area contributed by atoms with Crippen LogP contribution in [0.15, 0.2) is 53.4 Å². The molecular formula is C18H20ClFN2O3S. The lowest BCUT2D eigenvalue weighted by molar-refractivity contribution is -0.118. The van der Waals surface area contributed by atoms with E-state index in [1.54, 1.807) is 24.3 Å². The van der Waals surface area contributed by atoms with E-state index in [1.165, 1.54) is 0 Å². The van der Waals surface area contributed by atoms with Gasteiger partial charge in [-0.3, -0.25) is 4.79 Å². The molecule has 0 saturated carbocycles. The molecule has 2 aromatic carbocycles. The Hall–Kier alpha value is -1.96. The number of rotatable bonds is 7. The summed E-state index contributed by atoms with van der Waals surface area (Å²) in [5, 5.41) is 3.20. The standard InChI is InChI=1S/C18H20ClFN2O3S/c1-12(2)11-17(18(23)21-15-7-3-13(19)4-8-15)22-26(24,25)16-9-5-14(20)6-10-16/h3-10,12,17,22H,11H2,1-2H3,(H,21,23)/t17-/m0/s1. The molecule has 2 aromatic rings. The minimum atomic E-state index is -3.96.